The first-order valence-corrected chi connectivity index (χ1v) is 10.4. The molecular weight excluding hydrogens is 430 g/mol. The molecule has 10 heteroatoms. The van der Waals surface area contributed by atoms with Gasteiger partial charge in [0.1, 0.15) is 0 Å². The van der Waals surface area contributed by atoms with Crippen LogP contribution in [0.3, 0.4) is 0 Å². The minimum atomic E-state index is -3.91. The molecule has 0 saturated carbocycles. The molecule has 0 bridgehead atoms. The van der Waals surface area contributed by atoms with Crippen molar-refractivity contribution in [2.45, 2.75) is 4.90 Å². The van der Waals surface area contributed by atoms with Gasteiger partial charge in [-0.3, -0.25) is 19.2 Å². The topological polar surface area (TPSA) is 110 Å². The first-order chi connectivity index (χ1) is 14.2. The number of nitro benzene ring substituents is 1. The van der Waals surface area contributed by atoms with Gasteiger partial charge in [0, 0.05) is 24.7 Å². The summed E-state index contributed by atoms with van der Waals surface area (Å²) >= 11 is 6.01. The van der Waals surface area contributed by atoms with E-state index in [0.717, 1.165) is 10.4 Å². The van der Waals surface area contributed by atoms with Gasteiger partial charge in [-0.2, -0.15) is 0 Å². The third-order valence-electron chi connectivity index (χ3n) is 4.28. The number of hydrogen-bond acceptors (Lipinski definition) is 5. The van der Waals surface area contributed by atoms with Crippen molar-refractivity contribution in [2.75, 3.05) is 16.7 Å². The number of non-ortho nitro benzene ring substituents is 1. The highest BCUT2D eigenvalue weighted by molar-refractivity contribution is 7.92. The van der Waals surface area contributed by atoms with Crippen LogP contribution in [-0.2, 0) is 10.0 Å². The van der Waals surface area contributed by atoms with Gasteiger partial charge in [0.2, 0.25) is 0 Å². The molecule has 3 rings (SSSR count). The summed E-state index contributed by atoms with van der Waals surface area (Å²) < 4.78 is 27.0. The van der Waals surface area contributed by atoms with E-state index < -0.39 is 20.9 Å². The van der Waals surface area contributed by atoms with Gasteiger partial charge in [-0.1, -0.05) is 35.9 Å². The van der Waals surface area contributed by atoms with Crippen molar-refractivity contribution in [3.63, 3.8) is 0 Å². The Hall–Kier alpha value is -3.43. The first kappa shape index (κ1) is 21.3. The number of nitrogens with zero attached hydrogens (tertiary/aromatic N) is 2. The molecule has 0 aliphatic heterocycles. The maximum atomic E-state index is 12.9. The van der Waals surface area contributed by atoms with Crippen molar-refractivity contribution in [3.05, 3.63) is 93.5 Å². The fourth-order valence-corrected chi connectivity index (χ4v) is 4.06. The van der Waals surface area contributed by atoms with Crippen molar-refractivity contribution < 1.29 is 18.1 Å². The summed E-state index contributed by atoms with van der Waals surface area (Å²) in [5.74, 6) is -0.656. The van der Waals surface area contributed by atoms with Gasteiger partial charge in [0.15, 0.2) is 0 Å². The van der Waals surface area contributed by atoms with E-state index in [1.165, 1.54) is 43.4 Å². The summed E-state index contributed by atoms with van der Waals surface area (Å²) in [7, 11) is -2.49. The molecule has 3 aromatic carbocycles. The van der Waals surface area contributed by atoms with Crippen molar-refractivity contribution >= 4 is 44.6 Å². The number of halogens is 1. The number of nitro groups is 1. The molecule has 8 nitrogen and oxygen atoms in total. The number of amides is 1. The largest absolute Gasteiger partial charge is 0.320 e. The quantitative estimate of drug-likeness (QED) is 0.448. The minimum Gasteiger partial charge on any atom is -0.320 e. The molecule has 30 heavy (non-hydrogen) atoms. The van der Waals surface area contributed by atoms with Gasteiger partial charge in [-0.15, -0.1) is 0 Å². The summed E-state index contributed by atoms with van der Waals surface area (Å²) in [6, 6.07) is 17.6. The molecule has 0 spiro atoms. The number of sulfonamides is 1. The highest BCUT2D eigenvalue weighted by Crippen LogP contribution is 2.28. The molecule has 1 N–H and O–H groups in total. The molecule has 0 heterocycles. The Kier molecular flexibility index (Phi) is 6.04. The first-order valence-electron chi connectivity index (χ1n) is 8.59. The zero-order chi connectivity index (χ0) is 21.9. The van der Waals surface area contributed by atoms with Crippen LogP contribution < -0.4 is 9.62 Å². The average molecular weight is 446 g/mol. The second-order valence-electron chi connectivity index (χ2n) is 6.21. The number of anilines is 2. The van der Waals surface area contributed by atoms with Gasteiger partial charge < -0.3 is 5.32 Å². The number of rotatable bonds is 6. The monoisotopic (exact) mass is 445 g/mol. The highest BCUT2D eigenvalue weighted by atomic mass is 35.5. The molecular formula is C20H16ClN3O5S. The molecule has 0 aromatic heterocycles. The van der Waals surface area contributed by atoms with Crippen LogP contribution in [0.15, 0.2) is 77.7 Å². The van der Waals surface area contributed by atoms with Crippen LogP contribution >= 0.6 is 11.6 Å². The molecule has 154 valence electrons. The second kappa shape index (κ2) is 8.52. The lowest BCUT2D eigenvalue weighted by Gasteiger charge is -2.19. The van der Waals surface area contributed by atoms with E-state index >= 15 is 0 Å². The summed E-state index contributed by atoms with van der Waals surface area (Å²) in [6.07, 6.45) is 0. The van der Waals surface area contributed by atoms with Gasteiger partial charge in [-0.25, -0.2) is 8.42 Å². The average Bonchev–Trinajstić information content (AvgIpc) is 2.75. The van der Waals surface area contributed by atoms with Crippen molar-refractivity contribution in [3.8, 4) is 0 Å². The predicted octanol–water partition coefficient (Wildman–Crippen LogP) is 4.33. The lowest BCUT2D eigenvalue weighted by atomic mass is 10.2. The fourth-order valence-electron chi connectivity index (χ4n) is 2.65. The Balaban J connectivity index is 1.89. The van der Waals surface area contributed by atoms with Gasteiger partial charge in [0.25, 0.3) is 21.6 Å². The molecule has 0 aliphatic rings. The predicted molar refractivity (Wildman–Crippen MR) is 115 cm³/mol. The van der Waals surface area contributed by atoms with Crippen LogP contribution in [0.4, 0.5) is 17.1 Å². The zero-order valence-electron chi connectivity index (χ0n) is 15.7. The van der Waals surface area contributed by atoms with Crippen molar-refractivity contribution in [2.24, 2.45) is 0 Å². The number of para-hydroxylation sites is 1. The summed E-state index contributed by atoms with van der Waals surface area (Å²) in [6.45, 7) is 0. The van der Waals surface area contributed by atoms with Gasteiger partial charge >= 0.3 is 0 Å². The molecule has 0 saturated heterocycles. The molecule has 0 radical (unpaired) electrons. The van der Waals surface area contributed by atoms with Crippen LogP contribution in [0.5, 0.6) is 0 Å². The number of hydrogen-bond donors (Lipinski definition) is 1. The molecule has 1 amide bonds. The third-order valence-corrected chi connectivity index (χ3v) is 6.39. The SMILES string of the molecule is CN(c1ccccc1)S(=O)(=O)c1cccc(C(=O)Nc2cc([N+](=O)[O-])ccc2Cl)c1. The number of benzene rings is 3. The Morgan fingerprint density at radius 2 is 1.73 bits per heavy atom. The highest BCUT2D eigenvalue weighted by Gasteiger charge is 2.22. The van der Waals surface area contributed by atoms with Crippen molar-refractivity contribution in [1.82, 2.24) is 0 Å². The maximum absolute atomic E-state index is 12.9. The lowest BCUT2D eigenvalue weighted by Crippen LogP contribution is -2.26. The van der Waals surface area contributed by atoms with E-state index in [-0.39, 0.29) is 26.9 Å². The van der Waals surface area contributed by atoms with Crippen LogP contribution in [0.1, 0.15) is 10.4 Å². The molecule has 0 aliphatic carbocycles. The molecule has 0 unspecified atom stereocenters. The van der Waals surface area contributed by atoms with E-state index in [2.05, 4.69) is 5.32 Å². The van der Waals surface area contributed by atoms with Crippen LogP contribution in [0, 0.1) is 10.1 Å². The molecule has 3 aromatic rings. The minimum absolute atomic E-state index is 0.0468. The Morgan fingerprint density at radius 3 is 2.40 bits per heavy atom. The van der Waals surface area contributed by atoms with Gasteiger partial charge in [-0.05, 0) is 36.4 Å². The fraction of sp³-hybridized carbons (Fsp3) is 0.0500. The Labute approximate surface area is 177 Å². The number of carbonyl (C=O) groups excluding carboxylic acids is 1. The van der Waals surface area contributed by atoms with Crippen LogP contribution in [0.2, 0.25) is 5.02 Å². The van der Waals surface area contributed by atoms with E-state index in [9.17, 15) is 23.3 Å². The number of carbonyl (C=O) groups is 1. The standard InChI is InChI=1S/C20H16ClN3O5S/c1-23(15-7-3-2-4-8-15)30(28,29)17-9-5-6-14(12-17)20(25)22-19-13-16(24(26)27)10-11-18(19)21/h2-13H,1H3,(H,22,25). The summed E-state index contributed by atoms with van der Waals surface area (Å²) in [5, 5.41) is 13.5. The Bertz CT molecular complexity index is 1220. The smallest absolute Gasteiger partial charge is 0.271 e. The van der Waals surface area contributed by atoms with E-state index in [4.69, 9.17) is 11.6 Å². The van der Waals surface area contributed by atoms with E-state index in [1.807, 2.05) is 0 Å². The molecule has 0 fully saturated rings. The molecule has 0 atom stereocenters. The van der Waals surface area contributed by atoms with Gasteiger partial charge in [0.05, 0.1) is 26.2 Å². The summed E-state index contributed by atoms with van der Waals surface area (Å²) in [5.41, 5.74) is 0.330. The van der Waals surface area contributed by atoms with Crippen LogP contribution in [-0.4, -0.2) is 26.3 Å². The summed E-state index contributed by atoms with van der Waals surface area (Å²) in [4.78, 5) is 22.9. The van der Waals surface area contributed by atoms with E-state index in [0.29, 0.717) is 5.69 Å². The number of nitrogens with one attached hydrogen (secondary N) is 1. The third kappa shape index (κ3) is 4.42. The van der Waals surface area contributed by atoms with Crippen molar-refractivity contribution in [1.29, 1.82) is 0 Å². The van der Waals surface area contributed by atoms with Crippen LogP contribution in [0.25, 0.3) is 0 Å². The second-order valence-corrected chi connectivity index (χ2v) is 8.59. The van der Waals surface area contributed by atoms with E-state index in [1.54, 1.807) is 30.3 Å². The lowest BCUT2D eigenvalue weighted by molar-refractivity contribution is -0.384. The Morgan fingerprint density at radius 1 is 1.03 bits per heavy atom. The maximum Gasteiger partial charge on any atom is 0.271 e. The normalized spacial score (nSPS) is 11.0. The zero-order valence-corrected chi connectivity index (χ0v) is 17.2.